The van der Waals surface area contributed by atoms with Crippen molar-refractivity contribution in [2.45, 2.75) is 25.2 Å². The van der Waals surface area contributed by atoms with E-state index in [-0.39, 0.29) is 17.5 Å². The highest BCUT2D eigenvalue weighted by molar-refractivity contribution is 7.91. The molecule has 3 rings (SSSR count). The molecule has 0 aliphatic carbocycles. The lowest BCUT2D eigenvalue weighted by molar-refractivity contribution is 0.0646. The second-order valence-electron chi connectivity index (χ2n) is 4.72. The molecule has 2 unspecified atom stereocenters. The van der Waals surface area contributed by atoms with Gasteiger partial charge in [0, 0.05) is 25.5 Å². The molecule has 3 heterocycles. The Labute approximate surface area is 99.8 Å². The van der Waals surface area contributed by atoms with Crippen LogP contribution < -0.4 is 0 Å². The van der Waals surface area contributed by atoms with Gasteiger partial charge in [-0.2, -0.15) is 0 Å². The van der Waals surface area contributed by atoms with Gasteiger partial charge in [0.1, 0.15) is 5.82 Å². The molecule has 0 aromatic carbocycles. The van der Waals surface area contributed by atoms with Gasteiger partial charge >= 0.3 is 0 Å². The summed E-state index contributed by atoms with van der Waals surface area (Å²) in [5, 5.41) is 9.83. The summed E-state index contributed by atoms with van der Waals surface area (Å²) in [6, 6.07) is -0.273. The normalized spacial score (nSPS) is 32.5. The van der Waals surface area contributed by atoms with Crippen LogP contribution in [0.3, 0.4) is 0 Å². The second-order valence-corrected chi connectivity index (χ2v) is 6.87. The average molecular weight is 257 g/mol. The molecule has 1 aromatic rings. The molecule has 1 saturated heterocycles. The van der Waals surface area contributed by atoms with Gasteiger partial charge in [-0.05, 0) is 0 Å². The van der Waals surface area contributed by atoms with Crippen LogP contribution in [0.2, 0.25) is 0 Å². The molecular weight excluding hydrogens is 242 g/mol. The fourth-order valence-corrected chi connectivity index (χ4v) is 4.47. The van der Waals surface area contributed by atoms with Crippen LogP contribution in [0.15, 0.2) is 12.4 Å². The number of imidazole rings is 1. The Bertz CT molecular complexity index is 525. The Hall–Kier alpha value is -0.920. The fraction of sp³-hybridized carbons (Fsp3) is 0.700. The van der Waals surface area contributed by atoms with Gasteiger partial charge in [-0.25, -0.2) is 13.4 Å². The van der Waals surface area contributed by atoms with Crippen LogP contribution in [-0.4, -0.2) is 58.2 Å². The number of hydrogen-bond acceptors (Lipinski definition) is 5. The number of fused-ring (bicyclic) bond motifs is 1. The van der Waals surface area contributed by atoms with E-state index in [0.29, 0.717) is 6.54 Å². The summed E-state index contributed by atoms with van der Waals surface area (Å²) in [5.41, 5.74) is 0. The Kier molecular flexibility index (Phi) is 2.49. The zero-order valence-corrected chi connectivity index (χ0v) is 10.2. The maximum atomic E-state index is 11.5. The van der Waals surface area contributed by atoms with Crippen molar-refractivity contribution in [3.8, 4) is 0 Å². The molecule has 7 heteroatoms. The van der Waals surface area contributed by atoms with Gasteiger partial charge in [-0.1, -0.05) is 0 Å². The molecule has 2 aliphatic heterocycles. The number of aromatic nitrogens is 2. The molecule has 94 valence electrons. The van der Waals surface area contributed by atoms with Gasteiger partial charge < -0.3 is 9.67 Å². The highest BCUT2D eigenvalue weighted by Gasteiger charge is 2.40. The van der Waals surface area contributed by atoms with Crippen molar-refractivity contribution in [1.29, 1.82) is 0 Å². The molecule has 1 N–H and O–H groups in total. The van der Waals surface area contributed by atoms with Crippen LogP contribution in [0, 0.1) is 0 Å². The first-order valence-corrected chi connectivity index (χ1v) is 7.50. The van der Waals surface area contributed by atoms with Crippen LogP contribution in [0.1, 0.15) is 5.82 Å². The third-order valence-corrected chi connectivity index (χ3v) is 5.24. The first kappa shape index (κ1) is 11.2. The summed E-state index contributed by atoms with van der Waals surface area (Å²) >= 11 is 0. The van der Waals surface area contributed by atoms with Gasteiger partial charge in [0.05, 0.1) is 30.2 Å². The number of aliphatic hydroxyl groups excluding tert-OH is 1. The highest BCUT2D eigenvalue weighted by atomic mass is 32.2. The summed E-state index contributed by atoms with van der Waals surface area (Å²) in [6.07, 6.45) is 2.91. The van der Waals surface area contributed by atoms with Crippen LogP contribution in [0.25, 0.3) is 0 Å². The third-order valence-electron chi connectivity index (χ3n) is 3.54. The fourth-order valence-electron chi connectivity index (χ4n) is 2.63. The van der Waals surface area contributed by atoms with E-state index in [1.54, 1.807) is 6.20 Å². The van der Waals surface area contributed by atoms with E-state index in [4.69, 9.17) is 0 Å². The predicted molar refractivity (Wildman–Crippen MR) is 61.1 cm³/mol. The molecule has 1 aromatic heterocycles. The molecule has 17 heavy (non-hydrogen) atoms. The van der Waals surface area contributed by atoms with Gasteiger partial charge in [0.25, 0.3) is 0 Å². The summed E-state index contributed by atoms with van der Waals surface area (Å²) in [7, 11) is -3.08. The van der Waals surface area contributed by atoms with Crippen LogP contribution in [0.5, 0.6) is 0 Å². The van der Waals surface area contributed by atoms with Crippen molar-refractivity contribution >= 4 is 9.84 Å². The maximum absolute atomic E-state index is 11.5. The summed E-state index contributed by atoms with van der Waals surface area (Å²) in [4.78, 5) is 6.26. The van der Waals surface area contributed by atoms with Gasteiger partial charge in [-0.15, -0.1) is 0 Å². The summed E-state index contributed by atoms with van der Waals surface area (Å²) in [5.74, 6) is 0.894. The monoisotopic (exact) mass is 257 g/mol. The average Bonchev–Trinajstić information content (AvgIpc) is 2.81. The summed E-state index contributed by atoms with van der Waals surface area (Å²) < 4.78 is 25.0. The highest BCUT2D eigenvalue weighted by Crippen LogP contribution is 2.22. The molecular formula is C10H15N3O3S. The van der Waals surface area contributed by atoms with E-state index >= 15 is 0 Å². The van der Waals surface area contributed by atoms with Crippen LogP contribution in [-0.2, 0) is 22.9 Å². The minimum atomic E-state index is -3.08. The molecule has 0 saturated carbocycles. The van der Waals surface area contributed by atoms with E-state index in [1.165, 1.54) is 0 Å². The molecule has 0 amide bonds. The molecule has 2 atom stereocenters. The van der Waals surface area contributed by atoms with Crippen molar-refractivity contribution in [1.82, 2.24) is 14.5 Å². The number of hydrogen-bond donors (Lipinski definition) is 1. The smallest absolute Gasteiger partial charge is 0.154 e. The Balaban J connectivity index is 1.79. The predicted octanol–water partition coefficient (Wildman–Crippen LogP) is -1.14. The number of sulfone groups is 1. The van der Waals surface area contributed by atoms with Crippen LogP contribution in [0.4, 0.5) is 0 Å². The van der Waals surface area contributed by atoms with Crippen LogP contribution >= 0.6 is 0 Å². The summed E-state index contributed by atoms with van der Waals surface area (Å²) in [6.45, 7) is 2.18. The van der Waals surface area contributed by atoms with Gasteiger partial charge in [-0.3, -0.25) is 4.90 Å². The second kappa shape index (κ2) is 3.79. The zero-order chi connectivity index (χ0) is 12.0. The van der Waals surface area contributed by atoms with Crippen molar-refractivity contribution in [2.24, 2.45) is 0 Å². The lowest BCUT2D eigenvalue weighted by Crippen LogP contribution is -2.46. The van der Waals surface area contributed by atoms with Gasteiger partial charge in [0.15, 0.2) is 9.84 Å². The SMILES string of the molecule is O=S1(=O)CC(O)C(N2CCn3ccnc3C2)C1. The third kappa shape index (κ3) is 1.98. The first-order valence-electron chi connectivity index (χ1n) is 5.68. The van der Waals surface area contributed by atoms with Gasteiger partial charge in [0.2, 0.25) is 0 Å². The largest absolute Gasteiger partial charge is 0.390 e. The zero-order valence-electron chi connectivity index (χ0n) is 9.36. The first-order chi connectivity index (χ1) is 8.05. The minimum Gasteiger partial charge on any atom is -0.390 e. The number of nitrogens with zero attached hydrogens (tertiary/aromatic N) is 3. The van der Waals surface area contributed by atoms with Crippen molar-refractivity contribution in [3.63, 3.8) is 0 Å². The molecule has 6 nitrogen and oxygen atoms in total. The van der Waals surface area contributed by atoms with E-state index in [9.17, 15) is 13.5 Å². The van der Waals surface area contributed by atoms with Crippen molar-refractivity contribution < 1.29 is 13.5 Å². The maximum Gasteiger partial charge on any atom is 0.154 e. The lowest BCUT2D eigenvalue weighted by Gasteiger charge is -2.33. The minimum absolute atomic E-state index is 0.0644. The molecule has 1 fully saturated rings. The van der Waals surface area contributed by atoms with E-state index in [2.05, 4.69) is 9.55 Å². The Morgan fingerprint density at radius 1 is 1.35 bits per heavy atom. The topological polar surface area (TPSA) is 75.4 Å². The lowest BCUT2D eigenvalue weighted by atomic mass is 10.1. The number of rotatable bonds is 1. The van der Waals surface area contributed by atoms with E-state index in [0.717, 1.165) is 18.9 Å². The van der Waals surface area contributed by atoms with Crippen molar-refractivity contribution in [2.75, 3.05) is 18.1 Å². The Morgan fingerprint density at radius 2 is 2.18 bits per heavy atom. The Morgan fingerprint density at radius 3 is 2.88 bits per heavy atom. The van der Waals surface area contributed by atoms with E-state index < -0.39 is 15.9 Å². The van der Waals surface area contributed by atoms with Crippen molar-refractivity contribution in [3.05, 3.63) is 18.2 Å². The standard InChI is InChI=1S/C10H15N3O3S/c14-9-7-17(15,16)6-8(9)13-4-3-12-2-1-11-10(12)5-13/h1-2,8-9,14H,3-7H2. The quantitative estimate of drug-likeness (QED) is 0.688. The number of aliphatic hydroxyl groups is 1. The molecule has 0 bridgehead atoms. The molecule has 0 spiro atoms. The molecule has 2 aliphatic rings. The molecule has 0 radical (unpaired) electrons. The van der Waals surface area contributed by atoms with E-state index in [1.807, 2.05) is 11.1 Å².